The molecule has 0 atom stereocenters. The van der Waals surface area contributed by atoms with E-state index in [9.17, 15) is 4.79 Å². The lowest BCUT2D eigenvalue weighted by molar-refractivity contribution is -0.683. The van der Waals surface area contributed by atoms with E-state index in [1.165, 1.54) is 0 Å². The van der Waals surface area contributed by atoms with Gasteiger partial charge in [0.05, 0.1) is 7.05 Å². The van der Waals surface area contributed by atoms with Crippen LogP contribution in [0.5, 0.6) is 0 Å². The van der Waals surface area contributed by atoms with Crippen LogP contribution in [0.4, 0.5) is 0 Å². The summed E-state index contributed by atoms with van der Waals surface area (Å²) in [5.41, 5.74) is 0.730. The number of rotatable bonds is 3. The Balaban J connectivity index is 2.11. The molecule has 0 amide bonds. The van der Waals surface area contributed by atoms with E-state index in [4.69, 9.17) is 0 Å². The molecule has 0 N–H and O–H groups in total. The summed E-state index contributed by atoms with van der Waals surface area (Å²) >= 11 is 0. The molecule has 1 aromatic carbocycles. The van der Waals surface area contributed by atoms with Gasteiger partial charge in [0, 0.05) is 10.7 Å². The summed E-state index contributed by atoms with van der Waals surface area (Å²) in [6.45, 7) is 0.331. The number of aromatic nitrogens is 3. The summed E-state index contributed by atoms with van der Waals surface area (Å²) in [6, 6.07) is 9.26. The minimum absolute atomic E-state index is 0.0913. The highest BCUT2D eigenvalue weighted by atomic mass is 16.1. The van der Waals surface area contributed by atoms with E-state index in [2.05, 4.69) is 5.10 Å². The van der Waals surface area contributed by atoms with Gasteiger partial charge in [-0.3, -0.25) is 4.79 Å². The molecule has 0 unspecified atom stereocenters. The third-order valence-electron chi connectivity index (χ3n) is 2.12. The first-order valence-corrected chi connectivity index (χ1v) is 4.71. The van der Waals surface area contributed by atoms with Crippen LogP contribution >= 0.6 is 0 Å². The maximum atomic E-state index is 11.8. The van der Waals surface area contributed by atoms with E-state index >= 15 is 0 Å². The number of ketones is 1. The van der Waals surface area contributed by atoms with Gasteiger partial charge in [-0.05, 0) is 0 Å². The van der Waals surface area contributed by atoms with E-state index < -0.39 is 0 Å². The van der Waals surface area contributed by atoms with Gasteiger partial charge in [0.2, 0.25) is 6.33 Å². The molecular weight excluding hydrogens is 190 g/mol. The fraction of sp³-hybridized carbons (Fsp3) is 0.182. The summed E-state index contributed by atoms with van der Waals surface area (Å²) < 4.78 is 3.42. The summed E-state index contributed by atoms with van der Waals surface area (Å²) in [6.07, 6.45) is 3.42. The van der Waals surface area contributed by atoms with E-state index in [1.54, 1.807) is 21.9 Å². The molecule has 4 heteroatoms. The van der Waals surface area contributed by atoms with Crippen LogP contribution in [0.3, 0.4) is 0 Å². The molecule has 0 fully saturated rings. The van der Waals surface area contributed by atoms with Crippen LogP contribution in [0.25, 0.3) is 0 Å². The minimum Gasteiger partial charge on any atom is -0.291 e. The number of hydrogen-bond acceptors (Lipinski definition) is 2. The molecule has 2 rings (SSSR count). The summed E-state index contributed by atoms with van der Waals surface area (Å²) in [5.74, 6) is 0.0913. The number of aryl methyl sites for hydroxylation is 1. The zero-order chi connectivity index (χ0) is 10.7. The standard InChI is InChI=1S/C11H12N3O/c1-13-9-14(8-12-13)7-11(15)10-5-3-2-4-6-10/h2-6,8-9H,7H2,1H3/q+1. The number of nitrogens with zero attached hydrogens (tertiary/aromatic N) is 3. The quantitative estimate of drug-likeness (QED) is 0.539. The number of carbonyl (C=O) groups excluding carboxylic acids is 1. The van der Waals surface area contributed by atoms with Crippen LogP contribution in [0.15, 0.2) is 43.0 Å². The van der Waals surface area contributed by atoms with Crippen molar-refractivity contribution in [2.75, 3.05) is 0 Å². The van der Waals surface area contributed by atoms with Crippen molar-refractivity contribution in [3.63, 3.8) is 0 Å². The van der Waals surface area contributed by atoms with Crippen molar-refractivity contribution >= 4 is 5.78 Å². The molecule has 0 saturated carbocycles. The van der Waals surface area contributed by atoms with Gasteiger partial charge in [-0.15, -0.1) is 4.68 Å². The Kier molecular flexibility index (Phi) is 2.58. The maximum Gasteiger partial charge on any atom is 0.265 e. The summed E-state index contributed by atoms with van der Waals surface area (Å²) in [5, 5.41) is 3.99. The van der Waals surface area contributed by atoms with E-state index in [-0.39, 0.29) is 5.78 Å². The van der Waals surface area contributed by atoms with Gasteiger partial charge in [0.25, 0.3) is 6.33 Å². The number of carbonyl (C=O) groups is 1. The van der Waals surface area contributed by atoms with Crippen LogP contribution in [-0.2, 0) is 13.6 Å². The average molecular weight is 202 g/mol. The predicted octanol–water partition coefficient (Wildman–Crippen LogP) is 0.590. The number of hydrogen-bond donors (Lipinski definition) is 0. The topological polar surface area (TPSA) is 38.8 Å². The largest absolute Gasteiger partial charge is 0.291 e. The van der Waals surface area contributed by atoms with Crippen molar-refractivity contribution in [2.24, 2.45) is 7.05 Å². The third kappa shape index (κ3) is 2.28. The fourth-order valence-corrected chi connectivity index (χ4v) is 1.38. The first-order valence-electron chi connectivity index (χ1n) is 4.71. The molecule has 0 radical (unpaired) electrons. The highest BCUT2D eigenvalue weighted by Gasteiger charge is 2.09. The van der Waals surface area contributed by atoms with Gasteiger partial charge in [-0.25, -0.2) is 4.57 Å². The number of Topliss-reactive ketones (excluding diaryl/α,β-unsaturated/α-hetero) is 1. The molecule has 15 heavy (non-hydrogen) atoms. The van der Waals surface area contributed by atoms with Crippen LogP contribution < -0.4 is 4.57 Å². The molecule has 0 aliphatic rings. The predicted molar refractivity (Wildman–Crippen MR) is 54.2 cm³/mol. The van der Waals surface area contributed by atoms with Crippen molar-refractivity contribution in [3.05, 3.63) is 48.5 Å². The second kappa shape index (κ2) is 4.04. The zero-order valence-electron chi connectivity index (χ0n) is 8.50. The molecule has 0 aliphatic heterocycles. The van der Waals surface area contributed by atoms with Crippen LogP contribution in [0, 0.1) is 0 Å². The van der Waals surface area contributed by atoms with Crippen molar-refractivity contribution < 1.29 is 9.36 Å². The minimum atomic E-state index is 0.0913. The van der Waals surface area contributed by atoms with Gasteiger partial charge >= 0.3 is 0 Å². The Hall–Kier alpha value is -1.97. The molecule has 0 saturated heterocycles. The molecule has 1 aromatic heterocycles. The molecule has 0 bridgehead atoms. The van der Waals surface area contributed by atoms with Crippen molar-refractivity contribution in [1.29, 1.82) is 0 Å². The van der Waals surface area contributed by atoms with Crippen molar-refractivity contribution in [2.45, 2.75) is 6.54 Å². The molecule has 0 aliphatic carbocycles. The van der Waals surface area contributed by atoms with Crippen molar-refractivity contribution in [3.8, 4) is 0 Å². The first-order chi connectivity index (χ1) is 7.25. The van der Waals surface area contributed by atoms with Gasteiger partial charge < -0.3 is 0 Å². The highest BCUT2D eigenvalue weighted by Crippen LogP contribution is 1.99. The maximum absolute atomic E-state index is 11.8. The second-order valence-corrected chi connectivity index (χ2v) is 3.38. The van der Waals surface area contributed by atoms with Crippen LogP contribution in [-0.4, -0.2) is 15.6 Å². The van der Waals surface area contributed by atoms with E-state index in [0.29, 0.717) is 6.54 Å². The lowest BCUT2D eigenvalue weighted by Gasteiger charge is -1.97. The van der Waals surface area contributed by atoms with Crippen molar-refractivity contribution in [1.82, 2.24) is 9.78 Å². The normalized spacial score (nSPS) is 10.2. The highest BCUT2D eigenvalue weighted by molar-refractivity contribution is 5.94. The summed E-state index contributed by atoms with van der Waals surface area (Å²) in [7, 11) is 1.82. The SMILES string of the molecule is Cn1c[n+](CC(=O)c2ccccc2)cn1. The molecule has 0 spiro atoms. The third-order valence-corrected chi connectivity index (χ3v) is 2.12. The second-order valence-electron chi connectivity index (χ2n) is 3.38. The van der Waals surface area contributed by atoms with Crippen LogP contribution in [0.1, 0.15) is 10.4 Å². The molecule has 76 valence electrons. The molecular formula is C11H12N3O+. The van der Waals surface area contributed by atoms with Crippen LogP contribution in [0.2, 0.25) is 0 Å². The van der Waals surface area contributed by atoms with E-state index in [0.717, 1.165) is 5.56 Å². The van der Waals surface area contributed by atoms with Gasteiger partial charge in [0.1, 0.15) is 6.54 Å². The Morgan fingerprint density at radius 3 is 2.73 bits per heavy atom. The Morgan fingerprint density at radius 2 is 2.13 bits per heavy atom. The molecule has 1 heterocycles. The lowest BCUT2D eigenvalue weighted by atomic mass is 10.1. The Bertz CT molecular complexity index is 462. The van der Waals surface area contributed by atoms with Gasteiger partial charge in [-0.1, -0.05) is 30.3 Å². The van der Waals surface area contributed by atoms with Gasteiger partial charge in [-0.2, -0.15) is 0 Å². The lowest BCUT2D eigenvalue weighted by Crippen LogP contribution is -2.35. The average Bonchev–Trinajstić information content (AvgIpc) is 2.65. The summed E-state index contributed by atoms with van der Waals surface area (Å²) in [4.78, 5) is 11.8. The first kappa shape index (κ1) is 9.58. The van der Waals surface area contributed by atoms with E-state index in [1.807, 2.05) is 37.4 Å². The zero-order valence-corrected chi connectivity index (χ0v) is 8.50. The molecule has 4 nitrogen and oxygen atoms in total. The monoisotopic (exact) mass is 202 g/mol. The van der Waals surface area contributed by atoms with Gasteiger partial charge in [0.15, 0.2) is 5.78 Å². The Morgan fingerprint density at radius 1 is 1.40 bits per heavy atom. The smallest absolute Gasteiger partial charge is 0.265 e. The fourth-order valence-electron chi connectivity index (χ4n) is 1.38. The number of benzene rings is 1. The molecule has 2 aromatic rings. The Labute approximate surface area is 87.8 Å².